The zero-order valence-corrected chi connectivity index (χ0v) is 42.7. The number of aliphatic hydroxyl groups excluding tert-OH is 1. The van der Waals surface area contributed by atoms with Crippen molar-refractivity contribution in [1.29, 1.82) is 0 Å². The number of rotatable bonds is 15. The van der Waals surface area contributed by atoms with Gasteiger partial charge in [-0.3, -0.25) is 24.2 Å². The molecule has 3 aromatic carbocycles. The van der Waals surface area contributed by atoms with Crippen LogP contribution in [0.3, 0.4) is 0 Å². The molecule has 2 aliphatic heterocycles. The number of hydrogen-bond acceptors (Lipinski definition) is 14. The van der Waals surface area contributed by atoms with Crippen molar-refractivity contribution in [3.63, 3.8) is 0 Å². The number of urea groups is 1. The standard InChI is InChI=1S/C49H59Cl2N11O7S/c1-28(30-9-11-31(12-10-30)44-29(2)54-27-70-44)55-46(65)35-21-34(63)24-62(35)47(66)45(49(3,4)5)57-40(64)25-60-17-19-61(20-18-60)33-15-13-32(14-16-33)56-38-23-39(53-26-52-38)59(6)48(67)58-43-41(50)36(68-7)22-37(69-8)42(43)51/h9-16,22-23,26-28,34-35,45,63H,17-21,24-25H2,1-8H3,(H,55,65)(H,57,64)(H,58,67)(H,52,53,56)/t28-,34+,35+,45-/m1/s1. The highest BCUT2D eigenvalue weighted by atomic mass is 35.5. The number of methoxy groups -OCH3 is 2. The summed E-state index contributed by atoms with van der Waals surface area (Å²) >= 11 is 14.5. The van der Waals surface area contributed by atoms with Gasteiger partial charge in [-0.1, -0.05) is 68.2 Å². The number of carbonyl (C=O) groups excluding carboxylic acids is 4. The van der Waals surface area contributed by atoms with Crippen LogP contribution >= 0.6 is 34.5 Å². The van der Waals surface area contributed by atoms with E-state index in [9.17, 15) is 24.3 Å². The Labute approximate surface area is 421 Å². The van der Waals surface area contributed by atoms with Gasteiger partial charge in [-0.25, -0.2) is 19.7 Å². The van der Waals surface area contributed by atoms with Gasteiger partial charge in [-0.15, -0.1) is 11.3 Å². The number of benzene rings is 3. The second-order valence-corrected chi connectivity index (χ2v) is 20.0. The number of carbonyl (C=O) groups is 4. The van der Waals surface area contributed by atoms with E-state index >= 15 is 0 Å². The molecule has 0 aliphatic carbocycles. The van der Waals surface area contributed by atoms with Crippen LogP contribution in [0.4, 0.5) is 33.5 Å². The van der Waals surface area contributed by atoms with Gasteiger partial charge in [-0.2, -0.15) is 0 Å². The molecule has 0 unspecified atom stereocenters. The number of β-amino-alcohol motifs (C(OH)–C–C–N with tert-alkyl or cyclic N) is 1. The molecule has 2 aliphatic rings. The molecule has 0 spiro atoms. The van der Waals surface area contributed by atoms with E-state index in [2.05, 4.69) is 46.0 Å². The zero-order valence-electron chi connectivity index (χ0n) is 40.4. The van der Waals surface area contributed by atoms with Crippen LogP contribution in [0.5, 0.6) is 11.5 Å². The van der Waals surface area contributed by atoms with Crippen molar-refractivity contribution >= 4 is 87.0 Å². The van der Waals surface area contributed by atoms with E-state index in [1.165, 1.54) is 36.4 Å². The van der Waals surface area contributed by atoms with Gasteiger partial charge in [0.25, 0.3) is 0 Å². The minimum Gasteiger partial charge on any atom is -0.495 e. The second-order valence-electron chi connectivity index (χ2n) is 18.4. The van der Waals surface area contributed by atoms with Crippen molar-refractivity contribution in [3.8, 4) is 21.9 Å². The van der Waals surface area contributed by atoms with Crippen molar-refractivity contribution in [2.75, 3.05) is 81.0 Å². The summed E-state index contributed by atoms with van der Waals surface area (Å²) in [6.45, 7) is 12.1. The Morgan fingerprint density at radius 3 is 2.17 bits per heavy atom. The van der Waals surface area contributed by atoms with Gasteiger partial charge in [0.1, 0.15) is 51.6 Å². The minimum absolute atomic E-state index is 0.00900. The molecular formula is C49H59Cl2N11O7S. The quantitative estimate of drug-likeness (QED) is 0.0708. The molecular weight excluding hydrogens is 958 g/mol. The van der Waals surface area contributed by atoms with Crippen molar-refractivity contribution in [1.82, 2.24) is 35.4 Å². The van der Waals surface area contributed by atoms with Crippen LogP contribution in [0.2, 0.25) is 10.0 Å². The highest BCUT2D eigenvalue weighted by Crippen LogP contribution is 2.44. The fourth-order valence-electron chi connectivity index (χ4n) is 8.38. The van der Waals surface area contributed by atoms with Crippen LogP contribution in [0.25, 0.3) is 10.4 Å². The molecule has 5 amide bonds. The van der Waals surface area contributed by atoms with Gasteiger partial charge in [0.15, 0.2) is 0 Å². The molecule has 7 rings (SSSR count). The number of aromatic nitrogens is 3. The number of hydrogen-bond donors (Lipinski definition) is 5. The Balaban J connectivity index is 0.895. The van der Waals surface area contributed by atoms with Crippen LogP contribution < -0.4 is 40.5 Å². The van der Waals surface area contributed by atoms with E-state index in [4.69, 9.17) is 32.7 Å². The smallest absolute Gasteiger partial charge is 0.327 e. The Bertz CT molecular complexity index is 2650. The number of amides is 5. The van der Waals surface area contributed by atoms with Crippen LogP contribution in [-0.4, -0.2) is 132 Å². The average Bonchev–Trinajstić information content (AvgIpc) is 3.97. The Kier molecular flexibility index (Phi) is 16.4. The maximum atomic E-state index is 14.3. The van der Waals surface area contributed by atoms with Crippen molar-refractivity contribution in [2.45, 2.75) is 65.3 Å². The maximum Gasteiger partial charge on any atom is 0.327 e. The summed E-state index contributed by atoms with van der Waals surface area (Å²) < 4.78 is 10.6. The van der Waals surface area contributed by atoms with Gasteiger partial charge in [0.05, 0.1) is 54.7 Å². The number of nitrogens with one attached hydrogen (secondary N) is 4. The lowest BCUT2D eigenvalue weighted by molar-refractivity contribution is -0.144. The summed E-state index contributed by atoms with van der Waals surface area (Å²) in [7, 11) is 4.42. The van der Waals surface area contributed by atoms with Gasteiger partial charge in [0.2, 0.25) is 17.7 Å². The Morgan fingerprint density at radius 2 is 1.57 bits per heavy atom. The third kappa shape index (κ3) is 12.0. The lowest BCUT2D eigenvalue weighted by Gasteiger charge is -2.37. The molecule has 0 saturated carbocycles. The summed E-state index contributed by atoms with van der Waals surface area (Å²) in [4.78, 5) is 76.0. The second kappa shape index (κ2) is 22.2. The first-order valence-electron chi connectivity index (χ1n) is 22.7. The topological polar surface area (TPSA) is 207 Å². The number of nitrogens with zero attached hydrogens (tertiary/aromatic N) is 7. The molecule has 5 N–H and O–H groups in total. The number of likely N-dealkylation sites (tertiary alicyclic amines) is 1. The Hall–Kier alpha value is -6.25. The first-order valence-corrected chi connectivity index (χ1v) is 24.4. The largest absolute Gasteiger partial charge is 0.495 e. The fraction of sp³-hybridized carbons (Fsp3) is 0.408. The van der Waals surface area contributed by atoms with E-state index in [0.29, 0.717) is 37.8 Å². The maximum absolute atomic E-state index is 14.3. The van der Waals surface area contributed by atoms with Gasteiger partial charge in [-0.05, 0) is 54.7 Å². The van der Waals surface area contributed by atoms with Crippen LogP contribution in [-0.2, 0) is 14.4 Å². The third-order valence-electron chi connectivity index (χ3n) is 12.4. The lowest BCUT2D eigenvalue weighted by atomic mass is 9.85. The van der Waals surface area contributed by atoms with Crippen LogP contribution in [0, 0.1) is 12.3 Å². The molecule has 0 bridgehead atoms. The Morgan fingerprint density at radius 1 is 0.914 bits per heavy atom. The predicted octanol–water partition coefficient (Wildman–Crippen LogP) is 7.14. The number of thiazole rings is 1. The third-order valence-corrected chi connectivity index (χ3v) is 14.1. The normalized spacial score (nSPS) is 17.1. The number of piperazine rings is 1. The lowest BCUT2D eigenvalue weighted by Crippen LogP contribution is -2.59. The average molecular weight is 1020 g/mol. The molecule has 18 nitrogen and oxygen atoms in total. The van der Waals surface area contributed by atoms with E-state index in [1.807, 2.05) is 88.7 Å². The molecule has 2 saturated heterocycles. The van der Waals surface area contributed by atoms with Gasteiger partial charge >= 0.3 is 6.03 Å². The molecule has 4 heterocycles. The highest BCUT2D eigenvalue weighted by Gasteiger charge is 2.45. The summed E-state index contributed by atoms with van der Waals surface area (Å²) in [6, 6.07) is 16.2. The monoisotopic (exact) mass is 1020 g/mol. The molecule has 21 heteroatoms. The molecule has 70 heavy (non-hydrogen) atoms. The van der Waals surface area contributed by atoms with Gasteiger partial charge < -0.3 is 45.6 Å². The molecule has 2 fully saturated rings. The summed E-state index contributed by atoms with van der Waals surface area (Å²) in [5.74, 6) is 0.235. The zero-order chi connectivity index (χ0) is 50.4. The molecule has 2 aromatic heterocycles. The predicted molar refractivity (Wildman–Crippen MR) is 274 cm³/mol. The van der Waals surface area contributed by atoms with Crippen LogP contribution in [0.1, 0.15) is 51.4 Å². The number of aryl methyl sites for hydroxylation is 1. The summed E-state index contributed by atoms with van der Waals surface area (Å²) in [5.41, 5.74) is 5.93. The van der Waals surface area contributed by atoms with Crippen LogP contribution in [0.15, 0.2) is 72.5 Å². The summed E-state index contributed by atoms with van der Waals surface area (Å²) in [6.07, 6.45) is 0.564. The van der Waals surface area contributed by atoms with E-state index in [0.717, 1.165) is 33.1 Å². The number of anilines is 5. The fourth-order valence-corrected chi connectivity index (χ4v) is 9.79. The number of aliphatic hydroxyl groups is 1. The first kappa shape index (κ1) is 51.6. The van der Waals surface area contributed by atoms with Crippen molar-refractivity contribution in [3.05, 3.63) is 93.8 Å². The number of ether oxygens (including phenoxy) is 2. The summed E-state index contributed by atoms with van der Waals surface area (Å²) in [5, 5.41) is 23.0. The highest BCUT2D eigenvalue weighted by molar-refractivity contribution is 7.13. The molecule has 5 aromatic rings. The van der Waals surface area contributed by atoms with E-state index < -0.39 is 35.5 Å². The van der Waals surface area contributed by atoms with E-state index in [1.54, 1.807) is 24.5 Å². The molecule has 0 radical (unpaired) electrons. The number of halogens is 2. The van der Waals surface area contributed by atoms with Gasteiger partial charge in [0, 0.05) is 69.7 Å². The van der Waals surface area contributed by atoms with E-state index in [-0.39, 0.29) is 64.6 Å². The first-order chi connectivity index (χ1) is 33.3. The molecule has 4 atom stereocenters. The van der Waals surface area contributed by atoms with Crippen molar-refractivity contribution < 1.29 is 33.8 Å². The minimum atomic E-state index is -0.933. The molecule has 372 valence electrons. The van der Waals surface area contributed by atoms with Crippen molar-refractivity contribution in [2.24, 2.45) is 5.41 Å². The SMILES string of the molecule is COc1cc(OC)c(Cl)c(NC(=O)N(C)c2cc(Nc3ccc(N4CCN(CC(=O)N[C@H](C(=O)N5C[C@@H](O)C[C@H]5C(=O)N[C@H](C)c5ccc(-c6scnc6C)cc5)C(C)(C)C)CC4)cc3)ncn2)c1Cl.